The maximum Gasteiger partial charge on any atom is 1.00 e. The Balaban J connectivity index is 0.00000196. The van der Waals surface area contributed by atoms with Crippen LogP contribution in [0.1, 0.15) is 13.1 Å². The van der Waals surface area contributed by atoms with E-state index in [4.69, 9.17) is 10.8 Å². The largest absolute Gasteiger partial charge is 1.00 e. The monoisotopic (exact) mass is 414 g/mol. The Labute approximate surface area is 202 Å². The number of aryl methyl sites for hydroxylation is 2. The first kappa shape index (κ1) is 22.1. The van der Waals surface area contributed by atoms with Crippen LogP contribution in [0.15, 0.2) is 34.3 Å². The predicted octanol–water partition coefficient (Wildman–Crippen LogP) is 1.29. The standard InChI is InChI=1S/C15H13N6O4S.K.H/c1-7-17-8(2)19-15(18-7)20-10-3-4-11-9(5-10)6-12(26-25-24-23)13(21-16)14(11)22;;/h3-6,22-23H,1-2H3,(H,17,18,19,20);;/q-1;+1;-1/i;;1+1. The first-order valence-electron chi connectivity index (χ1n) is 7.27. The maximum atomic E-state index is 10.3. The molecule has 2 aromatic carbocycles. The number of aromatic nitrogens is 3. The smallest absolute Gasteiger partial charge is 1.00 e. The minimum Gasteiger partial charge on any atom is -1.00 e. The van der Waals surface area contributed by atoms with Crippen molar-refractivity contribution >= 4 is 40.1 Å². The van der Waals surface area contributed by atoms with Crippen molar-refractivity contribution in [2.45, 2.75) is 18.7 Å². The molecule has 0 saturated heterocycles. The molecule has 1 aromatic heterocycles. The van der Waals surface area contributed by atoms with Gasteiger partial charge in [0.2, 0.25) is 5.95 Å². The van der Waals surface area contributed by atoms with Crippen LogP contribution in [-0.4, -0.2) is 25.3 Å². The molecule has 0 unspecified atom stereocenters. The average molecular weight is 414 g/mol. The molecule has 0 fully saturated rings. The summed E-state index contributed by atoms with van der Waals surface area (Å²) in [6, 6.07) is 6.72. The Kier molecular flexibility index (Phi) is 8.02. The van der Waals surface area contributed by atoms with Gasteiger partial charge >= 0.3 is 51.4 Å². The molecule has 0 bridgehead atoms. The van der Waals surface area contributed by atoms with Crippen molar-refractivity contribution in [3.8, 4) is 5.75 Å². The molecular formula is C15H14KN6O4S-. The molecule has 27 heavy (non-hydrogen) atoms. The molecule has 3 N–H and O–H groups in total. The zero-order valence-electron chi connectivity index (χ0n) is 15.7. The van der Waals surface area contributed by atoms with Crippen molar-refractivity contribution in [1.29, 1.82) is 0 Å². The SMILES string of the molecule is Cc1nc(C)nc(Nc2ccc3c(O)c(N=[N-])c(SOOO)cc3c2)n1.[2H-].[K+]. The van der Waals surface area contributed by atoms with E-state index >= 15 is 0 Å². The topological polar surface area (TPSA) is 144 Å². The Morgan fingerprint density at radius 3 is 2.52 bits per heavy atom. The van der Waals surface area contributed by atoms with E-state index in [0.717, 1.165) is 0 Å². The molecule has 0 radical (unpaired) electrons. The van der Waals surface area contributed by atoms with Crippen LogP contribution in [0, 0.1) is 13.8 Å². The number of nitrogens with one attached hydrogen (secondary N) is 1. The number of phenols is 1. The summed E-state index contributed by atoms with van der Waals surface area (Å²) in [6.45, 7) is 3.54. The molecule has 12 heteroatoms. The minimum atomic E-state index is -0.243. The second-order valence-corrected chi connectivity index (χ2v) is 5.95. The fourth-order valence-corrected chi connectivity index (χ4v) is 2.94. The van der Waals surface area contributed by atoms with E-state index in [0.29, 0.717) is 46.1 Å². The number of nitrogens with zero attached hydrogens (tertiary/aromatic N) is 5. The van der Waals surface area contributed by atoms with E-state index in [1.54, 1.807) is 38.1 Å². The van der Waals surface area contributed by atoms with E-state index in [1.165, 1.54) is 0 Å². The van der Waals surface area contributed by atoms with Crippen molar-refractivity contribution in [2.24, 2.45) is 5.11 Å². The van der Waals surface area contributed by atoms with Crippen molar-refractivity contribution in [2.75, 3.05) is 5.32 Å². The van der Waals surface area contributed by atoms with E-state index in [1.807, 2.05) is 0 Å². The number of benzene rings is 2. The number of hydrogen-bond donors (Lipinski definition) is 3. The van der Waals surface area contributed by atoms with Gasteiger partial charge < -0.3 is 22.5 Å². The first-order valence-corrected chi connectivity index (χ1v) is 8.02. The number of anilines is 2. The van der Waals surface area contributed by atoms with E-state index in [2.05, 4.69) is 34.8 Å². The molecular weight excluding hydrogens is 399 g/mol. The average Bonchev–Trinajstić information content (AvgIpc) is 2.59. The van der Waals surface area contributed by atoms with Crippen LogP contribution in [0.5, 0.6) is 5.75 Å². The molecule has 0 aliphatic heterocycles. The first-order chi connectivity index (χ1) is 12.5. The van der Waals surface area contributed by atoms with Crippen LogP contribution in [0.25, 0.3) is 16.3 Å². The molecule has 10 nitrogen and oxygen atoms in total. The quantitative estimate of drug-likeness (QED) is 0.179. The van der Waals surface area contributed by atoms with Crippen LogP contribution in [-0.2, 0) is 9.37 Å². The summed E-state index contributed by atoms with van der Waals surface area (Å²) in [5, 5.41) is 29.3. The predicted molar refractivity (Wildman–Crippen MR) is 95.4 cm³/mol. The molecule has 3 aromatic rings. The van der Waals surface area contributed by atoms with Gasteiger partial charge in [0.15, 0.2) is 0 Å². The molecule has 0 aliphatic rings. The van der Waals surface area contributed by atoms with Crippen LogP contribution >= 0.6 is 12.0 Å². The summed E-state index contributed by atoms with van der Waals surface area (Å²) in [7, 11) is 0. The second kappa shape index (κ2) is 9.81. The third-order valence-electron chi connectivity index (χ3n) is 3.42. The molecule has 0 aliphatic carbocycles. The Morgan fingerprint density at radius 2 is 1.89 bits per heavy atom. The molecule has 1 heterocycles. The Morgan fingerprint density at radius 1 is 1.19 bits per heavy atom. The van der Waals surface area contributed by atoms with Crippen molar-refractivity contribution in [3.05, 3.63) is 41.4 Å². The minimum absolute atomic E-state index is 0. The molecule has 0 amide bonds. The molecule has 0 spiro atoms. The van der Waals surface area contributed by atoms with Gasteiger partial charge in [-0.1, -0.05) is 5.04 Å². The van der Waals surface area contributed by atoms with Crippen molar-refractivity contribution in [3.63, 3.8) is 0 Å². The van der Waals surface area contributed by atoms with E-state index in [9.17, 15) is 5.11 Å². The normalized spacial score (nSPS) is 10.5. The summed E-state index contributed by atoms with van der Waals surface area (Å²) in [6.07, 6.45) is 0. The maximum absolute atomic E-state index is 10.3. The van der Waals surface area contributed by atoms with Crippen LogP contribution in [0.4, 0.5) is 17.3 Å². The van der Waals surface area contributed by atoms with Gasteiger partial charge in [0, 0.05) is 11.1 Å². The molecule has 0 atom stereocenters. The number of fused-ring (bicyclic) bond motifs is 1. The van der Waals surface area contributed by atoms with Gasteiger partial charge in [0.05, 0.1) is 22.6 Å². The van der Waals surface area contributed by atoms with Gasteiger partial charge in [0.25, 0.3) is 0 Å². The van der Waals surface area contributed by atoms with Gasteiger partial charge in [-0.05, 0) is 43.5 Å². The molecule has 3 rings (SSSR count). The molecule has 0 saturated carbocycles. The summed E-state index contributed by atoms with van der Waals surface area (Å²) in [4.78, 5) is 12.8. The van der Waals surface area contributed by atoms with Gasteiger partial charge in [-0.25, -0.2) is 10.2 Å². The van der Waals surface area contributed by atoms with Crippen molar-refractivity contribution < 1.29 is 72.5 Å². The van der Waals surface area contributed by atoms with E-state index < -0.39 is 0 Å². The fourth-order valence-electron chi connectivity index (χ4n) is 2.44. The second-order valence-electron chi connectivity index (χ2n) is 5.21. The third-order valence-corrected chi connectivity index (χ3v) is 4.04. The van der Waals surface area contributed by atoms with Gasteiger partial charge in [-0.15, -0.1) is 4.33 Å². The number of phenolic OH excluding ortho intramolecular Hbond substituents is 1. The van der Waals surface area contributed by atoms with Gasteiger partial charge in [0.1, 0.15) is 17.4 Å². The summed E-state index contributed by atoms with van der Waals surface area (Å²) in [5.74, 6) is 1.33. The van der Waals surface area contributed by atoms with Crippen LogP contribution in [0.3, 0.4) is 0 Å². The summed E-state index contributed by atoms with van der Waals surface area (Å²) in [5.41, 5.74) is 9.68. The number of aromatic hydroxyl groups is 1. The Bertz CT molecular complexity index is 976. The Hall–Kier alpha value is -1.22. The van der Waals surface area contributed by atoms with Crippen molar-refractivity contribution in [1.82, 2.24) is 15.0 Å². The van der Waals surface area contributed by atoms with Crippen LogP contribution in [0.2, 0.25) is 0 Å². The summed E-state index contributed by atoms with van der Waals surface area (Å²) < 4.78 is 4.37. The fraction of sp³-hybridized carbons (Fsp3) is 0.133. The summed E-state index contributed by atoms with van der Waals surface area (Å²) >= 11 is 0.575. The zero-order valence-corrected chi connectivity index (χ0v) is 18.6. The number of rotatable bonds is 6. The zero-order chi connectivity index (χ0) is 18.7. The van der Waals surface area contributed by atoms with Gasteiger partial charge in [-0.2, -0.15) is 9.97 Å². The van der Waals surface area contributed by atoms with Gasteiger partial charge in [-0.3, -0.25) is 0 Å². The third kappa shape index (κ3) is 5.19. The molecule has 136 valence electrons. The number of hydrogen-bond acceptors (Lipinski definition) is 10. The van der Waals surface area contributed by atoms with E-state index in [-0.39, 0.29) is 69.1 Å². The van der Waals surface area contributed by atoms with Crippen LogP contribution < -0.4 is 56.7 Å².